The first-order valence-corrected chi connectivity index (χ1v) is 7.18. The molecular weight excluding hydrogens is 272 g/mol. The molecule has 0 saturated carbocycles. The number of rotatable bonds is 2. The Bertz CT molecular complexity index is 677. The van der Waals surface area contributed by atoms with Crippen molar-refractivity contribution in [3.8, 4) is 11.1 Å². The van der Waals surface area contributed by atoms with Crippen LogP contribution in [0.5, 0.6) is 0 Å². The zero-order valence-corrected chi connectivity index (χ0v) is 11.8. The summed E-state index contributed by atoms with van der Waals surface area (Å²) in [6.07, 6.45) is 4.64. The molecule has 0 fully saturated rings. The van der Waals surface area contributed by atoms with Crippen LogP contribution in [0.15, 0.2) is 36.4 Å². The molecule has 0 heterocycles. The van der Waals surface area contributed by atoms with Crippen molar-refractivity contribution in [1.82, 2.24) is 0 Å². The summed E-state index contributed by atoms with van der Waals surface area (Å²) in [6, 6.07) is 11.2. The molecule has 0 saturated heterocycles. The Hall–Kier alpha value is -1.80. The molecule has 1 aliphatic carbocycles. The number of carboxylic acid groups (broad SMARTS) is 1. The highest BCUT2D eigenvalue weighted by Crippen LogP contribution is 2.31. The summed E-state index contributed by atoms with van der Waals surface area (Å²) in [6.45, 7) is 0. The maximum atomic E-state index is 11.4. The fourth-order valence-electron chi connectivity index (χ4n) is 2.84. The third-order valence-corrected chi connectivity index (χ3v) is 4.11. The Kier molecular flexibility index (Phi) is 3.49. The molecule has 0 unspecified atom stereocenters. The van der Waals surface area contributed by atoms with Crippen molar-refractivity contribution in [3.05, 3.63) is 58.1 Å². The van der Waals surface area contributed by atoms with Crippen LogP contribution in [-0.2, 0) is 12.8 Å². The standard InChI is InChI=1S/C17H15ClO2/c18-14-7-8-15(17(19)20)16(10-14)13-6-5-11-3-1-2-4-12(11)9-13/h5-10H,1-4H2,(H,19,20). The summed E-state index contributed by atoms with van der Waals surface area (Å²) in [5.74, 6) is -0.922. The van der Waals surface area contributed by atoms with E-state index in [4.69, 9.17) is 11.6 Å². The van der Waals surface area contributed by atoms with Crippen molar-refractivity contribution in [1.29, 1.82) is 0 Å². The third kappa shape index (κ3) is 2.44. The largest absolute Gasteiger partial charge is 0.478 e. The predicted octanol–water partition coefficient (Wildman–Crippen LogP) is 4.58. The number of hydrogen-bond donors (Lipinski definition) is 1. The second-order valence-corrected chi connectivity index (χ2v) is 5.62. The number of carboxylic acids is 1. The Morgan fingerprint density at radius 3 is 2.50 bits per heavy atom. The smallest absolute Gasteiger partial charge is 0.336 e. The molecular formula is C17H15ClO2. The van der Waals surface area contributed by atoms with Gasteiger partial charge in [-0.05, 0) is 66.1 Å². The van der Waals surface area contributed by atoms with E-state index >= 15 is 0 Å². The second-order valence-electron chi connectivity index (χ2n) is 5.19. The maximum absolute atomic E-state index is 11.4. The van der Waals surface area contributed by atoms with E-state index in [1.165, 1.54) is 24.0 Å². The molecule has 2 aromatic carbocycles. The maximum Gasteiger partial charge on any atom is 0.336 e. The first-order valence-electron chi connectivity index (χ1n) is 6.80. The summed E-state index contributed by atoms with van der Waals surface area (Å²) in [5.41, 5.74) is 4.65. The first kappa shape index (κ1) is 13.2. The topological polar surface area (TPSA) is 37.3 Å². The van der Waals surface area contributed by atoms with E-state index in [9.17, 15) is 9.90 Å². The zero-order valence-electron chi connectivity index (χ0n) is 11.0. The fourth-order valence-corrected chi connectivity index (χ4v) is 3.01. The Morgan fingerprint density at radius 2 is 1.75 bits per heavy atom. The third-order valence-electron chi connectivity index (χ3n) is 3.87. The van der Waals surface area contributed by atoms with Crippen molar-refractivity contribution in [2.24, 2.45) is 0 Å². The molecule has 2 aromatic rings. The van der Waals surface area contributed by atoms with Crippen LogP contribution >= 0.6 is 11.6 Å². The lowest BCUT2D eigenvalue weighted by Crippen LogP contribution is -2.04. The van der Waals surface area contributed by atoms with Crippen LogP contribution in [0.25, 0.3) is 11.1 Å². The molecule has 0 spiro atoms. The Morgan fingerprint density at radius 1 is 1.00 bits per heavy atom. The number of hydrogen-bond acceptors (Lipinski definition) is 1. The second kappa shape index (κ2) is 5.29. The van der Waals surface area contributed by atoms with E-state index in [1.807, 2.05) is 6.07 Å². The van der Waals surface area contributed by atoms with Crippen LogP contribution in [0.3, 0.4) is 0 Å². The number of benzene rings is 2. The number of fused-ring (bicyclic) bond motifs is 1. The van der Waals surface area contributed by atoms with Gasteiger partial charge in [-0.25, -0.2) is 4.79 Å². The van der Waals surface area contributed by atoms with E-state index in [-0.39, 0.29) is 0 Å². The van der Waals surface area contributed by atoms with E-state index < -0.39 is 5.97 Å². The highest BCUT2D eigenvalue weighted by molar-refractivity contribution is 6.31. The number of halogens is 1. The van der Waals surface area contributed by atoms with E-state index in [0.29, 0.717) is 16.1 Å². The van der Waals surface area contributed by atoms with Crippen molar-refractivity contribution in [3.63, 3.8) is 0 Å². The van der Waals surface area contributed by atoms with E-state index in [0.717, 1.165) is 18.4 Å². The van der Waals surface area contributed by atoms with Crippen LogP contribution in [0, 0.1) is 0 Å². The molecule has 0 amide bonds. The normalized spacial score (nSPS) is 13.8. The molecule has 1 aliphatic rings. The van der Waals surface area contributed by atoms with Crippen molar-refractivity contribution < 1.29 is 9.90 Å². The number of carbonyl (C=O) groups is 1. The van der Waals surface area contributed by atoms with E-state index in [2.05, 4.69) is 12.1 Å². The SMILES string of the molecule is O=C(O)c1ccc(Cl)cc1-c1ccc2c(c1)CCCC2. The highest BCUT2D eigenvalue weighted by Gasteiger charge is 2.15. The number of aromatic carboxylic acids is 1. The summed E-state index contributed by atoms with van der Waals surface area (Å²) in [5, 5.41) is 9.87. The van der Waals surface area contributed by atoms with Crippen molar-refractivity contribution >= 4 is 17.6 Å². The van der Waals surface area contributed by atoms with Crippen molar-refractivity contribution in [2.45, 2.75) is 25.7 Å². The van der Waals surface area contributed by atoms with Gasteiger partial charge in [0.25, 0.3) is 0 Å². The van der Waals surface area contributed by atoms with E-state index in [1.54, 1.807) is 18.2 Å². The molecule has 0 radical (unpaired) electrons. The molecule has 0 bridgehead atoms. The Labute approximate surface area is 123 Å². The minimum Gasteiger partial charge on any atom is -0.478 e. The summed E-state index contributed by atoms with van der Waals surface area (Å²) in [7, 11) is 0. The van der Waals surface area contributed by atoms with Gasteiger partial charge >= 0.3 is 5.97 Å². The molecule has 102 valence electrons. The summed E-state index contributed by atoms with van der Waals surface area (Å²) >= 11 is 6.02. The van der Waals surface area contributed by atoms with Gasteiger partial charge in [0.2, 0.25) is 0 Å². The lowest BCUT2D eigenvalue weighted by molar-refractivity contribution is 0.0698. The zero-order chi connectivity index (χ0) is 14.1. The monoisotopic (exact) mass is 286 g/mol. The molecule has 0 aromatic heterocycles. The first-order chi connectivity index (χ1) is 9.65. The molecule has 0 aliphatic heterocycles. The van der Waals surface area contributed by atoms with Crippen LogP contribution in [0.1, 0.15) is 34.3 Å². The number of aryl methyl sites for hydroxylation is 2. The van der Waals surface area contributed by atoms with Gasteiger partial charge in [-0.1, -0.05) is 29.8 Å². The average Bonchev–Trinajstić information content (AvgIpc) is 2.46. The summed E-state index contributed by atoms with van der Waals surface area (Å²) in [4.78, 5) is 11.4. The molecule has 1 N–H and O–H groups in total. The lowest BCUT2D eigenvalue weighted by Gasteiger charge is -2.17. The van der Waals surface area contributed by atoms with Gasteiger partial charge in [0.05, 0.1) is 5.56 Å². The van der Waals surface area contributed by atoms with Gasteiger partial charge < -0.3 is 5.11 Å². The van der Waals surface area contributed by atoms with Crippen LogP contribution < -0.4 is 0 Å². The van der Waals surface area contributed by atoms with Gasteiger partial charge in [0.1, 0.15) is 0 Å². The molecule has 2 nitrogen and oxygen atoms in total. The lowest BCUT2D eigenvalue weighted by atomic mass is 9.88. The van der Waals surface area contributed by atoms with Gasteiger partial charge in [-0.2, -0.15) is 0 Å². The van der Waals surface area contributed by atoms with Gasteiger partial charge in [0, 0.05) is 5.02 Å². The van der Waals surface area contributed by atoms with Crippen LogP contribution in [-0.4, -0.2) is 11.1 Å². The van der Waals surface area contributed by atoms with Gasteiger partial charge in [0.15, 0.2) is 0 Å². The van der Waals surface area contributed by atoms with Crippen LogP contribution in [0.2, 0.25) is 5.02 Å². The summed E-state index contributed by atoms with van der Waals surface area (Å²) < 4.78 is 0. The predicted molar refractivity (Wildman–Crippen MR) is 80.5 cm³/mol. The molecule has 3 heteroatoms. The minimum absolute atomic E-state index is 0.296. The fraction of sp³-hybridized carbons (Fsp3) is 0.235. The van der Waals surface area contributed by atoms with Gasteiger partial charge in [-0.3, -0.25) is 0 Å². The molecule has 3 rings (SSSR count). The van der Waals surface area contributed by atoms with Gasteiger partial charge in [-0.15, -0.1) is 0 Å². The quantitative estimate of drug-likeness (QED) is 0.877. The molecule has 0 atom stereocenters. The highest BCUT2D eigenvalue weighted by atomic mass is 35.5. The van der Waals surface area contributed by atoms with Crippen molar-refractivity contribution in [2.75, 3.05) is 0 Å². The molecule has 20 heavy (non-hydrogen) atoms. The van der Waals surface area contributed by atoms with Crippen LogP contribution in [0.4, 0.5) is 0 Å². The minimum atomic E-state index is -0.922. The Balaban J connectivity index is 2.13. The average molecular weight is 287 g/mol.